The van der Waals surface area contributed by atoms with Gasteiger partial charge in [-0.25, -0.2) is 4.79 Å². The Bertz CT molecular complexity index is 1090. The van der Waals surface area contributed by atoms with Gasteiger partial charge in [-0.3, -0.25) is 4.68 Å². The molecule has 9 heteroatoms. The van der Waals surface area contributed by atoms with Gasteiger partial charge in [0.1, 0.15) is 5.00 Å². The molecule has 0 unspecified atom stereocenters. The van der Waals surface area contributed by atoms with Crippen molar-refractivity contribution in [3.05, 3.63) is 62.2 Å². The second kappa shape index (κ2) is 9.72. The molecule has 0 amide bonds. The Morgan fingerprint density at radius 2 is 2.07 bits per heavy atom. The Balaban J connectivity index is 1.72. The number of halogens is 1. The summed E-state index contributed by atoms with van der Waals surface area (Å²) in [6.45, 7) is 6.72. The van der Waals surface area contributed by atoms with Gasteiger partial charge in [-0.15, -0.1) is 11.3 Å². The quantitative estimate of drug-likeness (QED) is 0.338. The number of aromatic nitrogens is 2. The van der Waals surface area contributed by atoms with Gasteiger partial charge in [0, 0.05) is 10.6 Å². The van der Waals surface area contributed by atoms with Crippen LogP contribution in [0.3, 0.4) is 0 Å². The van der Waals surface area contributed by atoms with Gasteiger partial charge in [0.2, 0.25) is 0 Å². The smallest absolute Gasteiger partial charge is 0.340 e. The average molecular weight is 507 g/mol. The molecule has 0 aliphatic heterocycles. The number of esters is 1. The summed E-state index contributed by atoms with van der Waals surface area (Å²) in [5.41, 5.74) is 4.50. The summed E-state index contributed by atoms with van der Waals surface area (Å²) in [7, 11) is 1.37. The average Bonchev–Trinajstić information content (AvgIpc) is 3.23. The highest BCUT2D eigenvalue weighted by Crippen LogP contribution is 2.29. The Labute approximate surface area is 193 Å². The number of benzene rings is 1. The lowest BCUT2D eigenvalue weighted by atomic mass is 10.2. The van der Waals surface area contributed by atoms with Crippen molar-refractivity contribution in [3.63, 3.8) is 0 Å². The monoisotopic (exact) mass is 506 g/mol. The van der Waals surface area contributed by atoms with Crippen molar-refractivity contribution in [2.75, 3.05) is 17.7 Å². The molecule has 0 radical (unpaired) electrons. The normalized spacial score (nSPS) is 10.7. The molecular formula is C21H23BrN4O2S2. The predicted molar refractivity (Wildman–Crippen MR) is 130 cm³/mol. The highest BCUT2D eigenvalue weighted by molar-refractivity contribution is 9.10. The minimum atomic E-state index is -0.380. The number of hydrogen-bond acceptors (Lipinski definition) is 5. The second-order valence-corrected chi connectivity index (χ2v) is 9.06. The van der Waals surface area contributed by atoms with Crippen LogP contribution in [0, 0.1) is 13.8 Å². The standard InChI is InChI=1S/C21H23BrN4O2S2/c1-5-16-10-17(20(27)28-4)19(30-16)24-21(29)23-15-8-6-7-14(9-15)11-26-13(3)18(22)12(2)25-26/h6-10H,5,11H2,1-4H3,(H2,23,24,29). The third-order valence-corrected chi connectivity index (χ3v) is 7.12. The van der Waals surface area contributed by atoms with Crippen LogP contribution < -0.4 is 10.6 Å². The van der Waals surface area contributed by atoms with E-state index in [0.717, 1.165) is 38.4 Å². The first-order chi connectivity index (χ1) is 14.3. The van der Waals surface area contributed by atoms with Crippen LogP contribution in [0.2, 0.25) is 0 Å². The van der Waals surface area contributed by atoms with Crippen molar-refractivity contribution >= 4 is 61.3 Å². The third kappa shape index (κ3) is 5.08. The number of thiocarbonyl (C=S) groups is 1. The molecule has 0 atom stereocenters. The number of methoxy groups -OCH3 is 1. The molecule has 1 aromatic carbocycles. The zero-order chi connectivity index (χ0) is 21.8. The topological polar surface area (TPSA) is 68.2 Å². The van der Waals surface area contributed by atoms with Gasteiger partial charge in [-0.05, 0) is 72.2 Å². The zero-order valence-corrected chi connectivity index (χ0v) is 20.4. The van der Waals surface area contributed by atoms with Crippen molar-refractivity contribution in [1.82, 2.24) is 9.78 Å². The van der Waals surface area contributed by atoms with E-state index in [4.69, 9.17) is 17.0 Å². The molecule has 158 valence electrons. The van der Waals surface area contributed by atoms with Crippen LogP contribution in [-0.4, -0.2) is 28.0 Å². The number of ether oxygens (including phenoxy) is 1. The largest absolute Gasteiger partial charge is 0.465 e. The molecule has 6 nitrogen and oxygen atoms in total. The van der Waals surface area contributed by atoms with Crippen molar-refractivity contribution in [1.29, 1.82) is 0 Å². The van der Waals surface area contributed by atoms with Crippen LogP contribution >= 0.6 is 39.5 Å². The summed E-state index contributed by atoms with van der Waals surface area (Å²) in [4.78, 5) is 13.1. The fourth-order valence-electron chi connectivity index (χ4n) is 2.99. The molecule has 3 rings (SSSR count). The van der Waals surface area contributed by atoms with Crippen molar-refractivity contribution in [3.8, 4) is 0 Å². The fourth-order valence-corrected chi connectivity index (χ4v) is 4.54. The predicted octanol–water partition coefficient (Wildman–Crippen LogP) is 5.53. The molecule has 3 aromatic rings. The van der Waals surface area contributed by atoms with Crippen LogP contribution in [0.1, 0.15) is 39.1 Å². The Kier molecular flexibility index (Phi) is 7.27. The summed E-state index contributed by atoms with van der Waals surface area (Å²) in [5.74, 6) is -0.380. The maximum atomic E-state index is 12.0. The lowest BCUT2D eigenvalue weighted by Crippen LogP contribution is -2.20. The number of carbonyl (C=O) groups excluding carboxylic acids is 1. The molecule has 0 saturated heterocycles. The SMILES string of the molecule is CCc1cc(C(=O)OC)c(NC(=S)Nc2cccc(Cn3nc(C)c(Br)c3C)c2)s1. The first-order valence-corrected chi connectivity index (χ1v) is 11.4. The molecule has 0 saturated carbocycles. The molecule has 0 aliphatic rings. The van der Waals surface area contributed by atoms with Gasteiger partial charge in [-0.2, -0.15) is 5.10 Å². The Morgan fingerprint density at radius 3 is 2.70 bits per heavy atom. The number of hydrogen-bond donors (Lipinski definition) is 2. The van der Waals surface area contributed by atoms with Crippen LogP contribution in [0.15, 0.2) is 34.8 Å². The number of aryl methyl sites for hydroxylation is 2. The molecule has 0 bridgehead atoms. The number of anilines is 2. The maximum absolute atomic E-state index is 12.0. The van der Waals surface area contributed by atoms with Crippen LogP contribution in [0.4, 0.5) is 10.7 Å². The Hall–Kier alpha value is -2.23. The van der Waals surface area contributed by atoms with Gasteiger partial charge in [0.05, 0.1) is 35.1 Å². The van der Waals surface area contributed by atoms with E-state index in [1.165, 1.54) is 18.4 Å². The van der Waals surface area contributed by atoms with Gasteiger partial charge in [-0.1, -0.05) is 19.1 Å². The zero-order valence-electron chi connectivity index (χ0n) is 17.2. The number of rotatable bonds is 6. The van der Waals surface area contributed by atoms with E-state index < -0.39 is 0 Å². The summed E-state index contributed by atoms with van der Waals surface area (Å²) in [6.07, 6.45) is 0.834. The number of thiophene rings is 1. The molecular weight excluding hydrogens is 484 g/mol. The molecule has 0 spiro atoms. The van der Waals surface area contributed by atoms with E-state index in [-0.39, 0.29) is 5.97 Å². The molecule has 0 aliphatic carbocycles. The van der Waals surface area contributed by atoms with Gasteiger partial charge >= 0.3 is 5.97 Å². The molecule has 0 fully saturated rings. The minimum absolute atomic E-state index is 0.380. The van der Waals surface area contributed by atoms with Gasteiger partial charge < -0.3 is 15.4 Å². The maximum Gasteiger partial charge on any atom is 0.340 e. The lowest BCUT2D eigenvalue weighted by Gasteiger charge is -2.12. The van der Waals surface area contributed by atoms with Crippen molar-refractivity contribution in [2.24, 2.45) is 0 Å². The summed E-state index contributed by atoms with van der Waals surface area (Å²) in [5, 5.41) is 12.0. The Morgan fingerprint density at radius 1 is 1.30 bits per heavy atom. The molecule has 2 aromatic heterocycles. The van der Waals surface area contributed by atoms with Crippen LogP contribution in [0.25, 0.3) is 0 Å². The molecule has 2 N–H and O–H groups in total. The van der Waals surface area contributed by atoms with Crippen LogP contribution in [-0.2, 0) is 17.7 Å². The van der Waals surface area contributed by atoms with Gasteiger partial charge in [0.25, 0.3) is 0 Å². The third-order valence-electron chi connectivity index (χ3n) is 4.57. The van der Waals surface area contributed by atoms with E-state index in [2.05, 4.69) is 31.7 Å². The van der Waals surface area contributed by atoms with Crippen molar-refractivity contribution < 1.29 is 9.53 Å². The van der Waals surface area contributed by atoms with Crippen LogP contribution in [0.5, 0.6) is 0 Å². The number of nitrogens with one attached hydrogen (secondary N) is 2. The highest BCUT2D eigenvalue weighted by Gasteiger charge is 2.17. The van der Waals surface area contributed by atoms with E-state index in [1.807, 2.05) is 55.8 Å². The summed E-state index contributed by atoms with van der Waals surface area (Å²) < 4.78 is 7.88. The van der Waals surface area contributed by atoms with Gasteiger partial charge in [0.15, 0.2) is 5.11 Å². The lowest BCUT2D eigenvalue weighted by molar-refractivity contribution is 0.0602. The highest BCUT2D eigenvalue weighted by atomic mass is 79.9. The minimum Gasteiger partial charge on any atom is -0.465 e. The van der Waals surface area contributed by atoms with E-state index in [9.17, 15) is 4.79 Å². The van der Waals surface area contributed by atoms with E-state index in [0.29, 0.717) is 22.2 Å². The van der Waals surface area contributed by atoms with E-state index >= 15 is 0 Å². The fraction of sp³-hybridized carbons (Fsp3) is 0.286. The number of nitrogens with zero attached hydrogens (tertiary/aromatic N) is 2. The summed E-state index contributed by atoms with van der Waals surface area (Å²) in [6, 6.07) is 9.84. The first-order valence-electron chi connectivity index (χ1n) is 9.39. The van der Waals surface area contributed by atoms with Crippen molar-refractivity contribution in [2.45, 2.75) is 33.7 Å². The van der Waals surface area contributed by atoms with E-state index in [1.54, 1.807) is 0 Å². The second-order valence-electron chi connectivity index (χ2n) is 6.72. The molecule has 30 heavy (non-hydrogen) atoms. The number of carbonyl (C=O) groups is 1. The summed E-state index contributed by atoms with van der Waals surface area (Å²) >= 11 is 10.5. The molecule has 2 heterocycles. The first kappa shape index (κ1) is 22.5.